The van der Waals surface area contributed by atoms with Gasteiger partial charge < -0.3 is 10.2 Å². The molecule has 0 aliphatic rings. The summed E-state index contributed by atoms with van der Waals surface area (Å²) in [6.45, 7) is 1.58. The first-order valence-corrected chi connectivity index (χ1v) is 5.77. The lowest BCUT2D eigenvalue weighted by molar-refractivity contribution is -0.143. The standard InChI is InChI=1S/C13H13F2N3O2/c1-8(6-7-16)18(2)13(20)12(19)17-11-9(14)4-3-5-10(11)15/h3-5,8H,6H2,1-2H3,(H,17,19). The van der Waals surface area contributed by atoms with Gasteiger partial charge in [-0.15, -0.1) is 0 Å². The summed E-state index contributed by atoms with van der Waals surface area (Å²) in [6.07, 6.45) is 0.0452. The molecular formula is C13H13F2N3O2. The highest BCUT2D eigenvalue weighted by atomic mass is 19.1. The second kappa shape index (κ2) is 6.61. The van der Waals surface area contributed by atoms with Crippen molar-refractivity contribution in [2.45, 2.75) is 19.4 Å². The number of hydrogen-bond donors (Lipinski definition) is 1. The number of amides is 2. The number of anilines is 1. The second-order valence-corrected chi connectivity index (χ2v) is 4.18. The van der Waals surface area contributed by atoms with E-state index in [0.29, 0.717) is 0 Å². The minimum Gasteiger partial charge on any atom is -0.334 e. The Morgan fingerprint density at radius 2 is 1.95 bits per heavy atom. The average molecular weight is 281 g/mol. The Morgan fingerprint density at radius 1 is 1.40 bits per heavy atom. The van der Waals surface area contributed by atoms with Crippen LogP contribution in [0.5, 0.6) is 0 Å². The minimum atomic E-state index is -1.17. The second-order valence-electron chi connectivity index (χ2n) is 4.18. The third-order valence-electron chi connectivity index (χ3n) is 2.76. The first-order chi connectivity index (χ1) is 9.38. The molecule has 1 aromatic rings. The predicted octanol–water partition coefficient (Wildman–Crippen LogP) is 1.66. The van der Waals surface area contributed by atoms with Gasteiger partial charge in [0.1, 0.15) is 17.3 Å². The van der Waals surface area contributed by atoms with E-state index in [4.69, 9.17) is 5.26 Å². The van der Waals surface area contributed by atoms with Crippen LogP contribution < -0.4 is 5.32 Å². The monoisotopic (exact) mass is 281 g/mol. The summed E-state index contributed by atoms with van der Waals surface area (Å²) in [6, 6.07) is 4.45. The number of likely N-dealkylation sites (N-methyl/N-ethyl adjacent to an activating group) is 1. The Hall–Kier alpha value is -2.49. The summed E-state index contributed by atoms with van der Waals surface area (Å²) in [5, 5.41) is 10.4. The number of carbonyl (C=O) groups excluding carboxylic acids is 2. The molecule has 0 aromatic heterocycles. The van der Waals surface area contributed by atoms with Gasteiger partial charge in [0.15, 0.2) is 0 Å². The van der Waals surface area contributed by atoms with Crippen LogP contribution in [0, 0.1) is 23.0 Å². The van der Waals surface area contributed by atoms with Gasteiger partial charge >= 0.3 is 11.8 Å². The van der Waals surface area contributed by atoms with Gasteiger partial charge in [0.05, 0.1) is 12.5 Å². The molecule has 0 saturated carbocycles. The molecule has 106 valence electrons. The van der Waals surface area contributed by atoms with Gasteiger partial charge in [-0.2, -0.15) is 5.26 Å². The van der Waals surface area contributed by atoms with Crippen molar-refractivity contribution < 1.29 is 18.4 Å². The van der Waals surface area contributed by atoms with Gasteiger partial charge in [0.2, 0.25) is 0 Å². The van der Waals surface area contributed by atoms with E-state index in [1.807, 2.05) is 11.4 Å². The number of hydrogen-bond acceptors (Lipinski definition) is 3. The molecule has 2 amide bonds. The smallest absolute Gasteiger partial charge is 0.314 e. The fourth-order valence-electron chi connectivity index (χ4n) is 1.41. The number of nitrogens with one attached hydrogen (secondary N) is 1. The molecule has 1 rings (SSSR count). The summed E-state index contributed by atoms with van der Waals surface area (Å²) < 4.78 is 26.7. The lowest BCUT2D eigenvalue weighted by atomic mass is 10.2. The maximum atomic E-state index is 13.3. The van der Waals surface area contributed by atoms with Gasteiger partial charge in [-0.05, 0) is 19.1 Å². The van der Waals surface area contributed by atoms with E-state index >= 15 is 0 Å². The van der Waals surface area contributed by atoms with Crippen molar-refractivity contribution in [2.24, 2.45) is 0 Å². The maximum Gasteiger partial charge on any atom is 0.314 e. The predicted molar refractivity (Wildman–Crippen MR) is 67.4 cm³/mol. The van der Waals surface area contributed by atoms with Crippen molar-refractivity contribution in [1.29, 1.82) is 5.26 Å². The highest BCUT2D eigenvalue weighted by Crippen LogP contribution is 2.18. The number of nitriles is 1. The SMILES string of the molecule is CC(CC#N)N(C)C(=O)C(=O)Nc1c(F)cccc1F. The maximum absolute atomic E-state index is 13.3. The van der Waals surface area contributed by atoms with Gasteiger partial charge in [0, 0.05) is 13.1 Å². The van der Waals surface area contributed by atoms with Gasteiger partial charge in [-0.1, -0.05) is 6.07 Å². The number of nitrogens with zero attached hydrogens (tertiary/aromatic N) is 2. The van der Waals surface area contributed by atoms with Crippen LogP contribution in [0.2, 0.25) is 0 Å². The molecule has 1 atom stereocenters. The lowest BCUT2D eigenvalue weighted by Gasteiger charge is -2.22. The largest absolute Gasteiger partial charge is 0.334 e. The summed E-state index contributed by atoms with van der Waals surface area (Å²) >= 11 is 0. The number of halogens is 2. The van der Waals surface area contributed by atoms with Crippen molar-refractivity contribution in [3.05, 3.63) is 29.8 Å². The summed E-state index contributed by atoms with van der Waals surface area (Å²) in [7, 11) is 1.33. The molecule has 1 aromatic carbocycles. The molecule has 0 saturated heterocycles. The highest BCUT2D eigenvalue weighted by Gasteiger charge is 2.24. The van der Waals surface area contributed by atoms with Crippen LogP contribution >= 0.6 is 0 Å². The van der Waals surface area contributed by atoms with E-state index in [1.165, 1.54) is 7.05 Å². The highest BCUT2D eigenvalue weighted by molar-refractivity contribution is 6.39. The average Bonchev–Trinajstić information content (AvgIpc) is 2.41. The van der Waals surface area contributed by atoms with Gasteiger partial charge in [-0.3, -0.25) is 9.59 Å². The van der Waals surface area contributed by atoms with Crippen LogP contribution in [0.3, 0.4) is 0 Å². The third kappa shape index (κ3) is 3.51. The normalized spacial score (nSPS) is 11.3. The third-order valence-corrected chi connectivity index (χ3v) is 2.76. The van der Waals surface area contributed by atoms with Crippen LogP contribution in [0.25, 0.3) is 0 Å². The molecule has 7 heteroatoms. The number of benzene rings is 1. The van der Waals surface area contributed by atoms with E-state index in [-0.39, 0.29) is 6.42 Å². The number of carbonyl (C=O) groups is 2. The number of para-hydroxylation sites is 1. The molecule has 0 aliphatic carbocycles. The van der Waals surface area contributed by atoms with Crippen LogP contribution in [-0.2, 0) is 9.59 Å². The van der Waals surface area contributed by atoms with E-state index in [1.54, 1.807) is 6.92 Å². The van der Waals surface area contributed by atoms with E-state index in [0.717, 1.165) is 23.1 Å². The Bertz CT molecular complexity index is 549. The Kier molecular flexibility index (Phi) is 5.15. The van der Waals surface area contributed by atoms with E-state index in [9.17, 15) is 18.4 Å². The Labute approximate surface area is 114 Å². The zero-order valence-corrected chi connectivity index (χ0v) is 11.0. The zero-order chi connectivity index (χ0) is 15.3. The van der Waals surface area contributed by atoms with Gasteiger partial charge in [0.25, 0.3) is 0 Å². The molecule has 0 bridgehead atoms. The quantitative estimate of drug-likeness (QED) is 0.856. The molecule has 0 radical (unpaired) electrons. The summed E-state index contributed by atoms with van der Waals surface area (Å²) in [5.41, 5.74) is -0.674. The molecule has 20 heavy (non-hydrogen) atoms. The summed E-state index contributed by atoms with van der Waals surface area (Å²) in [4.78, 5) is 24.4. The van der Waals surface area contributed by atoms with Crippen LogP contribution in [0.4, 0.5) is 14.5 Å². The fraction of sp³-hybridized carbons (Fsp3) is 0.308. The molecule has 0 spiro atoms. The Balaban J connectivity index is 2.82. The van der Waals surface area contributed by atoms with E-state index < -0.39 is 35.2 Å². The molecule has 0 fully saturated rings. The number of rotatable bonds is 3. The van der Waals surface area contributed by atoms with Crippen molar-refractivity contribution in [3.63, 3.8) is 0 Å². The van der Waals surface area contributed by atoms with Crippen molar-refractivity contribution in [2.75, 3.05) is 12.4 Å². The molecule has 1 unspecified atom stereocenters. The lowest BCUT2D eigenvalue weighted by Crippen LogP contribution is -2.42. The first-order valence-electron chi connectivity index (χ1n) is 5.77. The van der Waals surface area contributed by atoms with Crippen molar-refractivity contribution in [1.82, 2.24) is 4.90 Å². The fourth-order valence-corrected chi connectivity index (χ4v) is 1.41. The Morgan fingerprint density at radius 3 is 2.45 bits per heavy atom. The van der Waals surface area contributed by atoms with Crippen molar-refractivity contribution in [3.8, 4) is 6.07 Å². The van der Waals surface area contributed by atoms with Crippen molar-refractivity contribution >= 4 is 17.5 Å². The molecule has 5 nitrogen and oxygen atoms in total. The molecule has 0 heterocycles. The topological polar surface area (TPSA) is 73.2 Å². The molecule has 1 N–H and O–H groups in total. The van der Waals surface area contributed by atoms with Crippen LogP contribution in [-0.4, -0.2) is 29.8 Å². The minimum absolute atomic E-state index is 0.0452. The molecular weight excluding hydrogens is 268 g/mol. The van der Waals surface area contributed by atoms with Crippen LogP contribution in [0.15, 0.2) is 18.2 Å². The van der Waals surface area contributed by atoms with Crippen LogP contribution in [0.1, 0.15) is 13.3 Å². The molecule has 0 aliphatic heterocycles. The summed E-state index contributed by atoms with van der Waals surface area (Å²) in [5.74, 6) is -4.09. The van der Waals surface area contributed by atoms with Gasteiger partial charge in [-0.25, -0.2) is 8.78 Å². The first kappa shape index (κ1) is 15.6. The van der Waals surface area contributed by atoms with E-state index in [2.05, 4.69) is 0 Å². The zero-order valence-electron chi connectivity index (χ0n) is 11.0.